The van der Waals surface area contributed by atoms with Crippen LogP contribution in [-0.4, -0.2) is 30.4 Å². The molecule has 1 atom stereocenters. The predicted molar refractivity (Wildman–Crippen MR) is 87.4 cm³/mol. The molecule has 2 aromatic rings. The summed E-state index contributed by atoms with van der Waals surface area (Å²) >= 11 is 0. The lowest BCUT2D eigenvalue weighted by Crippen LogP contribution is -2.37. The van der Waals surface area contributed by atoms with Crippen molar-refractivity contribution in [1.29, 1.82) is 0 Å². The fraction of sp³-hybridized carbons (Fsp3) is 0.389. The van der Waals surface area contributed by atoms with Gasteiger partial charge in [0.1, 0.15) is 0 Å². The zero-order valence-electron chi connectivity index (χ0n) is 12.7. The molecule has 0 saturated heterocycles. The van der Waals surface area contributed by atoms with E-state index in [-0.39, 0.29) is 5.91 Å². The average molecular weight is 282 g/mol. The highest BCUT2D eigenvalue weighted by Gasteiger charge is 2.30. The Morgan fingerprint density at radius 2 is 1.95 bits per heavy atom. The van der Waals surface area contributed by atoms with Gasteiger partial charge in [0.05, 0.1) is 6.54 Å². The van der Waals surface area contributed by atoms with Crippen molar-refractivity contribution >= 4 is 22.4 Å². The fourth-order valence-corrected chi connectivity index (χ4v) is 2.83. The van der Waals surface area contributed by atoms with Gasteiger partial charge in [0, 0.05) is 17.1 Å². The second-order valence-electron chi connectivity index (χ2n) is 6.07. The number of hydrogen-bond acceptors (Lipinski definition) is 2. The maximum atomic E-state index is 12.3. The highest BCUT2D eigenvalue weighted by atomic mass is 16.2. The van der Waals surface area contributed by atoms with Crippen molar-refractivity contribution in [2.75, 3.05) is 18.9 Å². The Bertz CT molecular complexity index is 643. The minimum absolute atomic E-state index is 0.0568. The van der Waals surface area contributed by atoms with Crippen LogP contribution in [0.25, 0.3) is 10.8 Å². The molecule has 1 unspecified atom stereocenters. The van der Waals surface area contributed by atoms with Crippen molar-refractivity contribution in [3.05, 3.63) is 42.5 Å². The van der Waals surface area contributed by atoms with Gasteiger partial charge in [-0.3, -0.25) is 9.69 Å². The van der Waals surface area contributed by atoms with Gasteiger partial charge in [-0.15, -0.1) is 0 Å². The Balaban J connectivity index is 1.68. The number of anilines is 1. The van der Waals surface area contributed by atoms with Crippen molar-refractivity contribution in [1.82, 2.24) is 4.90 Å². The van der Waals surface area contributed by atoms with E-state index in [9.17, 15) is 4.79 Å². The first kappa shape index (κ1) is 14.1. The fourth-order valence-electron chi connectivity index (χ4n) is 2.83. The molecule has 1 aliphatic rings. The Morgan fingerprint density at radius 3 is 2.71 bits per heavy atom. The zero-order chi connectivity index (χ0) is 14.8. The van der Waals surface area contributed by atoms with Gasteiger partial charge in [-0.05, 0) is 44.2 Å². The standard InChI is InChI=1S/C18H22N2O/c1-13(14-10-11-14)20(2)12-18(21)19-17-9-5-7-15-6-3-4-8-16(15)17/h3-9,13-14H,10-12H2,1-2H3,(H,19,21). The number of benzene rings is 2. The highest BCUT2D eigenvalue weighted by molar-refractivity contribution is 6.02. The largest absolute Gasteiger partial charge is 0.324 e. The third-order valence-electron chi connectivity index (χ3n) is 4.46. The molecule has 21 heavy (non-hydrogen) atoms. The average Bonchev–Trinajstić information content (AvgIpc) is 3.31. The smallest absolute Gasteiger partial charge is 0.238 e. The molecule has 110 valence electrons. The first-order valence-electron chi connectivity index (χ1n) is 7.63. The molecule has 0 bridgehead atoms. The minimum atomic E-state index is 0.0568. The number of hydrogen-bond donors (Lipinski definition) is 1. The Labute approximate surface area is 125 Å². The van der Waals surface area contributed by atoms with Crippen molar-refractivity contribution < 1.29 is 4.79 Å². The Kier molecular flexibility index (Phi) is 3.93. The second kappa shape index (κ2) is 5.86. The van der Waals surface area contributed by atoms with Crippen molar-refractivity contribution in [2.45, 2.75) is 25.8 Å². The predicted octanol–water partition coefficient (Wildman–Crippen LogP) is 3.51. The van der Waals surface area contributed by atoms with Crippen molar-refractivity contribution in [3.63, 3.8) is 0 Å². The lowest BCUT2D eigenvalue weighted by atomic mass is 10.1. The summed E-state index contributed by atoms with van der Waals surface area (Å²) in [5.41, 5.74) is 0.894. The number of fused-ring (bicyclic) bond motifs is 1. The maximum Gasteiger partial charge on any atom is 0.238 e. The van der Waals surface area contributed by atoms with Crippen LogP contribution in [0.2, 0.25) is 0 Å². The van der Waals surface area contributed by atoms with E-state index in [4.69, 9.17) is 0 Å². The summed E-state index contributed by atoms with van der Waals surface area (Å²) in [5.74, 6) is 0.835. The van der Waals surface area contributed by atoms with Crippen LogP contribution < -0.4 is 5.32 Å². The van der Waals surface area contributed by atoms with Gasteiger partial charge in [-0.25, -0.2) is 0 Å². The summed E-state index contributed by atoms with van der Waals surface area (Å²) in [6, 6.07) is 14.6. The monoisotopic (exact) mass is 282 g/mol. The second-order valence-corrected chi connectivity index (χ2v) is 6.07. The number of carbonyl (C=O) groups is 1. The third-order valence-corrected chi connectivity index (χ3v) is 4.46. The van der Waals surface area contributed by atoms with Gasteiger partial charge >= 0.3 is 0 Å². The summed E-state index contributed by atoms with van der Waals surface area (Å²) in [6.07, 6.45) is 2.60. The van der Waals surface area contributed by atoms with Crippen LogP contribution in [-0.2, 0) is 4.79 Å². The topological polar surface area (TPSA) is 32.3 Å². The quantitative estimate of drug-likeness (QED) is 0.910. The molecule has 0 aromatic heterocycles. The molecule has 0 radical (unpaired) electrons. The Hall–Kier alpha value is -1.87. The molecular weight excluding hydrogens is 260 g/mol. The molecule has 3 heteroatoms. The van der Waals surface area contributed by atoms with Crippen LogP contribution in [0.1, 0.15) is 19.8 Å². The van der Waals surface area contributed by atoms with E-state index in [0.29, 0.717) is 12.6 Å². The van der Waals surface area contributed by atoms with Crippen LogP contribution in [0.5, 0.6) is 0 Å². The number of carbonyl (C=O) groups excluding carboxylic acids is 1. The minimum Gasteiger partial charge on any atom is -0.324 e. The van der Waals surface area contributed by atoms with E-state index in [0.717, 1.165) is 22.4 Å². The van der Waals surface area contributed by atoms with E-state index in [1.165, 1.54) is 12.8 Å². The van der Waals surface area contributed by atoms with Gasteiger partial charge in [0.15, 0.2) is 0 Å². The molecule has 1 amide bonds. The van der Waals surface area contributed by atoms with E-state index in [1.807, 2.05) is 37.4 Å². The molecule has 1 N–H and O–H groups in total. The molecule has 0 spiro atoms. The SMILES string of the molecule is CC(C1CC1)N(C)CC(=O)Nc1cccc2ccccc12. The van der Waals surface area contributed by atoms with Gasteiger partial charge in [0.2, 0.25) is 5.91 Å². The highest BCUT2D eigenvalue weighted by Crippen LogP contribution is 2.34. The van der Waals surface area contributed by atoms with E-state index >= 15 is 0 Å². The van der Waals surface area contributed by atoms with Crippen LogP contribution in [0, 0.1) is 5.92 Å². The number of likely N-dealkylation sites (N-methyl/N-ethyl adjacent to an activating group) is 1. The number of nitrogens with zero attached hydrogens (tertiary/aromatic N) is 1. The Morgan fingerprint density at radius 1 is 1.24 bits per heavy atom. The summed E-state index contributed by atoms with van der Waals surface area (Å²) in [6.45, 7) is 2.66. The molecule has 0 aliphatic heterocycles. The third kappa shape index (κ3) is 3.24. The first-order valence-corrected chi connectivity index (χ1v) is 7.63. The molecular formula is C18H22N2O. The number of rotatable bonds is 5. The molecule has 1 fully saturated rings. The molecule has 1 saturated carbocycles. The number of amides is 1. The number of nitrogens with one attached hydrogen (secondary N) is 1. The molecule has 3 rings (SSSR count). The maximum absolute atomic E-state index is 12.3. The van der Waals surface area contributed by atoms with Gasteiger partial charge < -0.3 is 5.32 Å². The zero-order valence-corrected chi connectivity index (χ0v) is 12.7. The molecule has 0 heterocycles. The van der Waals surface area contributed by atoms with Crippen LogP contribution in [0.3, 0.4) is 0 Å². The van der Waals surface area contributed by atoms with Crippen LogP contribution in [0.4, 0.5) is 5.69 Å². The summed E-state index contributed by atoms with van der Waals surface area (Å²) in [5, 5.41) is 5.29. The lowest BCUT2D eigenvalue weighted by molar-refractivity contribution is -0.117. The summed E-state index contributed by atoms with van der Waals surface area (Å²) in [7, 11) is 2.03. The van der Waals surface area contributed by atoms with Crippen molar-refractivity contribution in [2.24, 2.45) is 5.92 Å². The normalized spacial score (nSPS) is 16.1. The lowest BCUT2D eigenvalue weighted by Gasteiger charge is -2.24. The van der Waals surface area contributed by atoms with Gasteiger partial charge in [0.25, 0.3) is 0 Å². The van der Waals surface area contributed by atoms with E-state index < -0.39 is 0 Å². The molecule has 2 aromatic carbocycles. The first-order chi connectivity index (χ1) is 10.1. The molecule has 3 nitrogen and oxygen atoms in total. The van der Waals surface area contributed by atoms with Crippen LogP contribution in [0.15, 0.2) is 42.5 Å². The van der Waals surface area contributed by atoms with Gasteiger partial charge in [-0.1, -0.05) is 36.4 Å². The summed E-state index contributed by atoms with van der Waals surface area (Å²) in [4.78, 5) is 14.4. The van der Waals surface area contributed by atoms with Gasteiger partial charge in [-0.2, -0.15) is 0 Å². The van der Waals surface area contributed by atoms with E-state index in [1.54, 1.807) is 0 Å². The molecule has 1 aliphatic carbocycles. The summed E-state index contributed by atoms with van der Waals surface area (Å²) < 4.78 is 0. The van der Waals surface area contributed by atoms with E-state index in [2.05, 4.69) is 29.3 Å². The van der Waals surface area contributed by atoms with Crippen LogP contribution >= 0.6 is 0 Å². The van der Waals surface area contributed by atoms with Crippen molar-refractivity contribution in [3.8, 4) is 0 Å².